The van der Waals surface area contributed by atoms with Gasteiger partial charge in [0, 0.05) is 26.2 Å². The highest BCUT2D eigenvalue weighted by Gasteiger charge is 2.18. The van der Waals surface area contributed by atoms with E-state index in [1.807, 2.05) is 0 Å². The maximum absolute atomic E-state index is 4.69. The molecule has 1 saturated heterocycles. The monoisotopic (exact) mass is 353 g/mol. The Morgan fingerprint density at radius 3 is 2.41 bits per heavy atom. The summed E-state index contributed by atoms with van der Waals surface area (Å²) in [7, 11) is 0. The number of piperidine rings is 1. The van der Waals surface area contributed by atoms with E-state index in [1.165, 1.54) is 12.8 Å². The molecule has 0 bridgehead atoms. The van der Waals surface area contributed by atoms with Crippen molar-refractivity contribution < 1.29 is 0 Å². The lowest BCUT2D eigenvalue weighted by Crippen LogP contribution is -2.45. The minimum Gasteiger partial charge on any atom is -0.357 e. The van der Waals surface area contributed by atoms with Crippen molar-refractivity contribution in [1.82, 2.24) is 10.2 Å². The van der Waals surface area contributed by atoms with Gasteiger partial charge in [0.05, 0.1) is 0 Å². The summed E-state index contributed by atoms with van der Waals surface area (Å²) >= 11 is 0. The Labute approximate surface area is 123 Å². The standard InChI is InChI=1S/C13H27N3.HI/c1-5-14-13(15-10-11(2)3)16-8-6-12(4)7-9-16;/h11-12H,5-10H2,1-4H3,(H,14,15);1H. The zero-order chi connectivity index (χ0) is 12.0. The van der Waals surface area contributed by atoms with Crippen molar-refractivity contribution >= 4 is 29.9 Å². The van der Waals surface area contributed by atoms with Crippen LogP contribution < -0.4 is 5.32 Å². The van der Waals surface area contributed by atoms with E-state index in [1.54, 1.807) is 0 Å². The largest absolute Gasteiger partial charge is 0.357 e. The van der Waals surface area contributed by atoms with Gasteiger partial charge < -0.3 is 10.2 Å². The fourth-order valence-electron chi connectivity index (χ4n) is 1.92. The third-order valence-corrected chi connectivity index (χ3v) is 3.02. The summed E-state index contributed by atoms with van der Waals surface area (Å²) in [5, 5.41) is 3.40. The average molecular weight is 353 g/mol. The van der Waals surface area contributed by atoms with E-state index in [9.17, 15) is 0 Å². The maximum atomic E-state index is 4.69. The predicted molar refractivity (Wildman–Crippen MR) is 86.2 cm³/mol. The van der Waals surface area contributed by atoms with Crippen LogP contribution in [0.2, 0.25) is 0 Å². The first kappa shape index (κ1) is 17.0. The lowest BCUT2D eigenvalue weighted by atomic mass is 10.00. The van der Waals surface area contributed by atoms with Crippen molar-refractivity contribution in [1.29, 1.82) is 0 Å². The van der Waals surface area contributed by atoms with E-state index in [0.717, 1.165) is 38.1 Å². The number of rotatable bonds is 3. The fraction of sp³-hybridized carbons (Fsp3) is 0.923. The molecule has 1 fully saturated rings. The second kappa shape index (κ2) is 9.00. The van der Waals surface area contributed by atoms with Gasteiger partial charge in [0.25, 0.3) is 0 Å². The smallest absolute Gasteiger partial charge is 0.193 e. The Morgan fingerprint density at radius 1 is 1.35 bits per heavy atom. The van der Waals surface area contributed by atoms with E-state index in [2.05, 4.69) is 37.9 Å². The Balaban J connectivity index is 0.00000256. The van der Waals surface area contributed by atoms with Crippen molar-refractivity contribution in [2.24, 2.45) is 16.8 Å². The lowest BCUT2D eigenvalue weighted by molar-refractivity contribution is 0.273. The number of halogens is 1. The van der Waals surface area contributed by atoms with Crippen LogP contribution in [0.3, 0.4) is 0 Å². The van der Waals surface area contributed by atoms with Gasteiger partial charge in [0.15, 0.2) is 5.96 Å². The van der Waals surface area contributed by atoms with Crippen LogP contribution in [0.5, 0.6) is 0 Å². The normalized spacial score (nSPS) is 18.2. The minimum atomic E-state index is 0. The Hall–Kier alpha value is 0. The number of likely N-dealkylation sites (tertiary alicyclic amines) is 1. The molecule has 3 nitrogen and oxygen atoms in total. The van der Waals surface area contributed by atoms with Gasteiger partial charge in [-0.2, -0.15) is 0 Å². The van der Waals surface area contributed by atoms with E-state index < -0.39 is 0 Å². The summed E-state index contributed by atoms with van der Waals surface area (Å²) in [4.78, 5) is 7.10. The molecule has 0 saturated carbocycles. The summed E-state index contributed by atoms with van der Waals surface area (Å²) in [6, 6.07) is 0. The zero-order valence-electron chi connectivity index (χ0n) is 11.7. The van der Waals surface area contributed by atoms with Gasteiger partial charge in [-0.1, -0.05) is 20.8 Å². The van der Waals surface area contributed by atoms with Crippen LogP contribution >= 0.6 is 24.0 Å². The highest BCUT2D eigenvalue weighted by Crippen LogP contribution is 2.15. The number of nitrogens with zero attached hydrogens (tertiary/aromatic N) is 2. The van der Waals surface area contributed by atoms with Crippen molar-refractivity contribution in [3.05, 3.63) is 0 Å². The predicted octanol–water partition coefficient (Wildman–Crippen LogP) is 2.96. The maximum Gasteiger partial charge on any atom is 0.193 e. The molecule has 1 aliphatic heterocycles. The molecule has 0 aromatic carbocycles. The molecule has 0 amide bonds. The quantitative estimate of drug-likeness (QED) is 0.480. The van der Waals surface area contributed by atoms with Gasteiger partial charge in [-0.05, 0) is 31.6 Å². The molecule has 17 heavy (non-hydrogen) atoms. The Morgan fingerprint density at radius 2 is 1.94 bits per heavy atom. The highest BCUT2D eigenvalue weighted by atomic mass is 127. The Kier molecular flexibility index (Phi) is 9.00. The van der Waals surface area contributed by atoms with Crippen molar-refractivity contribution in [2.45, 2.75) is 40.5 Å². The lowest BCUT2D eigenvalue weighted by Gasteiger charge is -2.33. The van der Waals surface area contributed by atoms with Crippen LogP contribution in [0.1, 0.15) is 40.5 Å². The number of guanidine groups is 1. The molecule has 102 valence electrons. The molecule has 1 rings (SSSR count). The first-order valence-corrected chi connectivity index (χ1v) is 6.66. The highest BCUT2D eigenvalue weighted by molar-refractivity contribution is 14.0. The average Bonchev–Trinajstić information content (AvgIpc) is 2.25. The zero-order valence-corrected chi connectivity index (χ0v) is 14.0. The minimum absolute atomic E-state index is 0. The van der Waals surface area contributed by atoms with Crippen molar-refractivity contribution in [3.8, 4) is 0 Å². The first-order valence-electron chi connectivity index (χ1n) is 6.66. The molecule has 1 aliphatic rings. The molecule has 1 N–H and O–H groups in total. The first-order chi connectivity index (χ1) is 7.63. The summed E-state index contributed by atoms with van der Waals surface area (Å²) in [6.07, 6.45) is 2.60. The van der Waals surface area contributed by atoms with Gasteiger partial charge in [0.2, 0.25) is 0 Å². The van der Waals surface area contributed by atoms with Crippen LogP contribution in [0.25, 0.3) is 0 Å². The van der Waals surface area contributed by atoms with Crippen LogP contribution in [0.15, 0.2) is 4.99 Å². The molecule has 0 radical (unpaired) electrons. The van der Waals surface area contributed by atoms with Gasteiger partial charge >= 0.3 is 0 Å². The molecule has 4 heteroatoms. The molecule has 1 heterocycles. The topological polar surface area (TPSA) is 27.6 Å². The van der Waals surface area contributed by atoms with Gasteiger partial charge in [-0.3, -0.25) is 4.99 Å². The third-order valence-electron chi connectivity index (χ3n) is 3.02. The fourth-order valence-corrected chi connectivity index (χ4v) is 1.92. The number of hydrogen-bond donors (Lipinski definition) is 1. The van der Waals surface area contributed by atoms with Crippen LogP contribution in [0.4, 0.5) is 0 Å². The number of aliphatic imine (C=N–C) groups is 1. The SMILES string of the molecule is CCNC(=NCC(C)C)N1CCC(C)CC1.I. The van der Waals surface area contributed by atoms with Crippen molar-refractivity contribution in [3.63, 3.8) is 0 Å². The molecule has 0 spiro atoms. The van der Waals surface area contributed by atoms with E-state index >= 15 is 0 Å². The molecular formula is C13H28IN3. The number of nitrogens with one attached hydrogen (secondary N) is 1. The summed E-state index contributed by atoms with van der Waals surface area (Å²) in [6.45, 7) is 13.1. The summed E-state index contributed by atoms with van der Waals surface area (Å²) in [5.74, 6) is 2.63. The molecule has 0 aromatic heterocycles. The van der Waals surface area contributed by atoms with Gasteiger partial charge in [-0.15, -0.1) is 24.0 Å². The second-order valence-corrected chi connectivity index (χ2v) is 5.26. The van der Waals surface area contributed by atoms with E-state index in [0.29, 0.717) is 5.92 Å². The molecule has 0 unspecified atom stereocenters. The Bertz CT molecular complexity index is 221. The van der Waals surface area contributed by atoms with Gasteiger partial charge in [0.1, 0.15) is 0 Å². The molecule has 0 aromatic rings. The van der Waals surface area contributed by atoms with Crippen LogP contribution in [-0.4, -0.2) is 37.0 Å². The third kappa shape index (κ3) is 6.48. The van der Waals surface area contributed by atoms with Crippen molar-refractivity contribution in [2.75, 3.05) is 26.2 Å². The van der Waals surface area contributed by atoms with Crippen LogP contribution in [-0.2, 0) is 0 Å². The second-order valence-electron chi connectivity index (χ2n) is 5.26. The molecule has 0 aliphatic carbocycles. The van der Waals surface area contributed by atoms with Gasteiger partial charge in [-0.25, -0.2) is 0 Å². The molecular weight excluding hydrogens is 325 g/mol. The summed E-state index contributed by atoms with van der Waals surface area (Å²) in [5.41, 5.74) is 0. The van der Waals surface area contributed by atoms with E-state index in [-0.39, 0.29) is 24.0 Å². The number of hydrogen-bond acceptors (Lipinski definition) is 1. The summed E-state index contributed by atoms with van der Waals surface area (Å²) < 4.78 is 0. The van der Waals surface area contributed by atoms with Crippen LogP contribution in [0, 0.1) is 11.8 Å². The van der Waals surface area contributed by atoms with E-state index in [4.69, 9.17) is 4.99 Å². The molecule has 0 atom stereocenters.